The lowest BCUT2D eigenvalue weighted by Gasteiger charge is -2.22. The van der Waals surface area contributed by atoms with E-state index in [1.807, 2.05) is 12.1 Å². The van der Waals surface area contributed by atoms with Crippen LogP contribution in [0.5, 0.6) is 0 Å². The molecule has 0 bridgehead atoms. The third-order valence-electron chi connectivity index (χ3n) is 4.30. The van der Waals surface area contributed by atoms with Crippen molar-refractivity contribution in [3.8, 4) is 0 Å². The van der Waals surface area contributed by atoms with Crippen molar-refractivity contribution in [1.82, 2.24) is 5.32 Å². The summed E-state index contributed by atoms with van der Waals surface area (Å²) in [7, 11) is 0. The van der Waals surface area contributed by atoms with Gasteiger partial charge in [0.05, 0.1) is 6.26 Å². The van der Waals surface area contributed by atoms with Crippen molar-refractivity contribution in [2.75, 3.05) is 13.2 Å². The summed E-state index contributed by atoms with van der Waals surface area (Å²) in [6, 6.07) is 4.56. The van der Waals surface area contributed by atoms with Gasteiger partial charge < -0.3 is 14.5 Å². The molecular formula is C17H29NO2. The van der Waals surface area contributed by atoms with E-state index in [2.05, 4.69) is 19.2 Å². The molecule has 0 amide bonds. The van der Waals surface area contributed by atoms with Gasteiger partial charge in [0, 0.05) is 12.6 Å². The Labute approximate surface area is 123 Å². The maximum Gasteiger partial charge on any atom is 0.129 e. The summed E-state index contributed by atoms with van der Waals surface area (Å²) in [6.45, 7) is 7.25. The molecule has 3 heteroatoms. The fourth-order valence-corrected chi connectivity index (χ4v) is 2.91. The molecule has 0 spiro atoms. The molecule has 20 heavy (non-hydrogen) atoms. The SMILES string of the molecule is CC1(C)CCCC(NCCCOCc2ccco2)CC1. The van der Waals surface area contributed by atoms with Crippen molar-refractivity contribution in [2.24, 2.45) is 5.41 Å². The van der Waals surface area contributed by atoms with E-state index in [1.54, 1.807) is 6.26 Å². The standard InChI is InChI=1S/C17H29NO2/c1-17(2)9-3-6-15(8-10-17)18-11-5-12-19-14-16-7-4-13-20-16/h4,7,13,15,18H,3,5-6,8-12,14H2,1-2H3. The van der Waals surface area contributed by atoms with E-state index in [0.29, 0.717) is 18.1 Å². The minimum Gasteiger partial charge on any atom is -0.467 e. The summed E-state index contributed by atoms with van der Waals surface area (Å²) in [6.07, 6.45) is 9.49. The van der Waals surface area contributed by atoms with Crippen LogP contribution in [0.1, 0.15) is 58.1 Å². The van der Waals surface area contributed by atoms with Crippen LogP contribution in [0.15, 0.2) is 22.8 Å². The van der Waals surface area contributed by atoms with Crippen LogP contribution in [0.2, 0.25) is 0 Å². The number of rotatable bonds is 7. The van der Waals surface area contributed by atoms with Gasteiger partial charge in [-0.15, -0.1) is 0 Å². The summed E-state index contributed by atoms with van der Waals surface area (Å²) in [5, 5.41) is 3.69. The summed E-state index contributed by atoms with van der Waals surface area (Å²) in [4.78, 5) is 0. The molecule has 1 fully saturated rings. The summed E-state index contributed by atoms with van der Waals surface area (Å²) in [5.74, 6) is 0.906. The van der Waals surface area contributed by atoms with Gasteiger partial charge in [-0.1, -0.05) is 20.3 Å². The second kappa shape index (κ2) is 7.84. The van der Waals surface area contributed by atoms with Crippen molar-refractivity contribution in [3.05, 3.63) is 24.2 Å². The molecule has 1 N–H and O–H groups in total. The maximum absolute atomic E-state index is 5.59. The fourth-order valence-electron chi connectivity index (χ4n) is 2.91. The highest BCUT2D eigenvalue weighted by molar-refractivity contribution is 4.95. The monoisotopic (exact) mass is 279 g/mol. The van der Waals surface area contributed by atoms with E-state index < -0.39 is 0 Å². The molecule has 1 aromatic heterocycles. The highest BCUT2D eigenvalue weighted by atomic mass is 16.5. The minimum atomic E-state index is 0.544. The van der Waals surface area contributed by atoms with Crippen LogP contribution < -0.4 is 5.32 Å². The number of hydrogen-bond acceptors (Lipinski definition) is 3. The Morgan fingerprint density at radius 1 is 1.35 bits per heavy atom. The van der Waals surface area contributed by atoms with Crippen molar-refractivity contribution in [2.45, 2.75) is 65.0 Å². The molecule has 1 heterocycles. The van der Waals surface area contributed by atoms with Gasteiger partial charge in [-0.05, 0) is 56.2 Å². The molecule has 1 aliphatic carbocycles. The van der Waals surface area contributed by atoms with Crippen LogP contribution in [0, 0.1) is 5.41 Å². The highest BCUT2D eigenvalue weighted by Gasteiger charge is 2.23. The first-order valence-corrected chi connectivity index (χ1v) is 7.99. The van der Waals surface area contributed by atoms with E-state index in [1.165, 1.54) is 32.1 Å². The van der Waals surface area contributed by atoms with Gasteiger partial charge in [0.1, 0.15) is 12.4 Å². The number of nitrogens with one attached hydrogen (secondary N) is 1. The third kappa shape index (κ3) is 5.68. The first-order valence-electron chi connectivity index (χ1n) is 7.99. The summed E-state index contributed by atoms with van der Waals surface area (Å²) >= 11 is 0. The first-order chi connectivity index (χ1) is 9.66. The molecule has 1 saturated carbocycles. The lowest BCUT2D eigenvalue weighted by atomic mass is 9.85. The molecule has 0 aromatic carbocycles. The fraction of sp³-hybridized carbons (Fsp3) is 0.765. The van der Waals surface area contributed by atoms with Gasteiger partial charge in [-0.3, -0.25) is 0 Å². The molecular weight excluding hydrogens is 250 g/mol. The number of furan rings is 1. The van der Waals surface area contributed by atoms with Crippen LogP contribution >= 0.6 is 0 Å². The molecule has 0 saturated heterocycles. The van der Waals surface area contributed by atoms with E-state index in [9.17, 15) is 0 Å². The quantitative estimate of drug-likeness (QED) is 0.602. The molecule has 114 valence electrons. The smallest absolute Gasteiger partial charge is 0.129 e. The van der Waals surface area contributed by atoms with Gasteiger partial charge in [0.2, 0.25) is 0 Å². The second-order valence-corrected chi connectivity index (χ2v) is 6.73. The maximum atomic E-state index is 5.59. The highest BCUT2D eigenvalue weighted by Crippen LogP contribution is 2.33. The third-order valence-corrected chi connectivity index (χ3v) is 4.30. The van der Waals surface area contributed by atoms with Crippen molar-refractivity contribution < 1.29 is 9.15 Å². The Kier molecular flexibility index (Phi) is 6.11. The van der Waals surface area contributed by atoms with Crippen LogP contribution in [-0.4, -0.2) is 19.2 Å². The topological polar surface area (TPSA) is 34.4 Å². The zero-order valence-corrected chi connectivity index (χ0v) is 13.0. The molecule has 1 aromatic rings. The van der Waals surface area contributed by atoms with Crippen molar-refractivity contribution in [3.63, 3.8) is 0 Å². The van der Waals surface area contributed by atoms with E-state index in [0.717, 1.165) is 25.3 Å². The average molecular weight is 279 g/mol. The molecule has 1 atom stereocenters. The second-order valence-electron chi connectivity index (χ2n) is 6.73. The van der Waals surface area contributed by atoms with Crippen LogP contribution in [-0.2, 0) is 11.3 Å². The van der Waals surface area contributed by atoms with E-state index in [-0.39, 0.29) is 0 Å². The Hall–Kier alpha value is -0.800. The minimum absolute atomic E-state index is 0.544. The van der Waals surface area contributed by atoms with Crippen molar-refractivity contribution >= 4 is 0 Å². The summed E-state index contributed by atoms with van der Waals surface area (Å²) in [5.41, 5.74) is 0.544. The molecule has 2 rings (SSSR count). The predicted octanol–water partition coefficient (Wildman–Crippen LogP) is 4.13. The van der Waals surface area contributed by atoms with Gasteiger partial charge in [0.15, 0.2) is 0 Å². The molecule has 0 radical (unpaired) electrons. The van der Waals surface area contributed by atoms with Gasteiger partial charge in [0.25, 0.3) is 0 Å². The van der Waals surface area contributed by atoms with Crippen LogP contribution in [0.25, 0.3) is 0 Å². The largest absolute Gasteiger partial charge is 0.467 e. The Bertz CT molecular complexity index is 359. The Balaban J connectivity index is 1.50. The van der Waals surface area contributed by atoms with E-state index >= 15 is 0 Å². The van der Waals surface area contributed by atoms with Gasteiger partial charge in [-0.25, -0.2) is 0 Å². The molecule has 1 aliphatic rings. The first kappa shape index (κ1) is 15.6. The Morgan fingerprint density at radius 3 is 3.05 bits per heavy atom. The van der Waals surface area contributed by atoms with Gasteiger partial charge >= 0.3 is 0 Å². The predicted molar refractivity (Wildman–Crippen MR) is 81.6 cm³/mol. The average Bonchev–Trinajstić information content (AvgIpc) is 2.86. The number of ether oxygens (including phenoxy) is 1. The lowest BCUT2D eigenvalue weighted by molar-refractivity contribution is 0.103. The molecule has 1 unspecified atom stereocenters. The van der Waals surface area contributed by atoms with Crippen LogP contribution in [0.3, 0.4) is 0 Å². The lowest BCUT2D eigenvalue weighted by Crippen LogP contribution is -2.30. The van der Waals surface area contributed by atoms with Crippen molar-refractivity contribution in [1.29, 1.82) is 0 Å². The van der Waals surface area contributed by atoms with Gasteiger partial charge in [-0.2, -0.15) is 0 Å². The van der Waals surface area contributed by atoms with Crippen LogP contribution in [0.4, 0.5) is 0 Å². The molecule has 3 nitrogen and oxygen atoms in total. The molecule has 0 aliphatic heterocycles. The normalized spacial score (nSPS) is 22.6. The zero-order chi connectivity index (χ0) is 14.3. The Morgan fingerprint density at radius 2 is 2.25 bits per heavy atom. The zero-order valence-electron chi connectivity index (χ0n) is 13.0. The number of hydrogen-bond donors (Lipinski definition) is 1. The summed E-state index contributed by atoms with van der Waals surface area (Å²) < 4.78 is 10.8. The van der Waals surface area contributed by atoms with E-state index in [4.69, 9.17) is 9.15 Å².